The van der Waals surface area contributed by atoms with Crippen molar-refractivity contribution in [2.75, 3.05) is 19.0 Å². The van der Waals surface area contributed by atoms with E-state index in [1.807, 2.05) is 11.4 Å². The summed E-state index contributed by atoms with van der Waals surface area (Å²) >= 11 is 1.64. The number of pyridine rings is 2. The Morgan fingerprint density at radius 3 is 2.91 bits per heavy atom. The summed E-state index contributed by atoms with van der Waals surface area (Å²) in [5.74, 6) is 0.562. The lowest BCUT2D eigenvalue weighted by atomic mass is 9.92. The number of hydrogen-bond donors (Lipinski definition) is 2. The molecule has 3 aromatic rings. The standard InChI is InChI=1S/C24H28N4O3S/c1-31-21-10-8-17(14-26-21)18(13-23(29)30)12-20-15-32-22(27-20)6-2-5-19-9-7-16-4-3-11-25-24(16)28-19/h7-10,14-15,18H,2-6,11-13H2,1H3,(H,25,28)(H,29,30)/t18-/m0/s1. The lowest BCUT2D eigenvalue weighted by molar-refractivity contribution is -0.137. The Balaban J connectivity index is 1.34. The smallest absolute Gasteiger partial charge is 0.303 e. The number of thiazole rings is 1. The lowest BCUT2D eigenvalue weighted by Crippen LogP contribution is -2.14. The van der Waals surface area contributed by atoms with Crippen LogP contribution in [-0.2, 0) is 30.5 Å². The predicted octanol–water partition coefficient (Wildman–Crippen LogP) is 4.28. The number of aromatic nitrogens is 3. The second kappa shape index (κ2) is 10.5. The van der Waals surface area contributed by atoms with Gasteiger partial charge in [-0.25, -0.2) is 15.0 Å². The zero-order chi connectivity index (χ0) is 22.3. The molecule has 7 nitrogen and oxygen atoms in total. The molecule has 0 fully saturated rings. The molecule has 0 radical (unpaired) electrons. The van der Waals surface area contributed by atoms with E-state index in [4.69, 9.17) is 14.7 Å². The summed E-state index contributed by atoms with van der Waals surface area (Å²) in [7, 11) is 1.56. The minimum absolute atomic E-state index is 0.0406. The third-order valence-corrected chi connectivity index (χ3v) is 6.65. The number of ether oxygens (including phenoxy) is 1. The van der Waals surface area contributed by atoms with Gasteiger partial charge in [-0.15, -0.1) is 11.3 Å². The largest absolute Gasteiger partial charge is 0.481 e. The van der Waals surface area contributed by atoms with Crippen LogP contribution in [0.2, 0.25) is 0 Å². The summed E-state index contributed by atoms with van der Waals surface area (Å²) in [6, 6.07) is 7.98. The van der Waals surface area contributed by atoms with Crippen LogP contribution in [0.5, 0.6) is 5.88 Å². The lowest BCUT2D eigenvalue weighted by Gasteiger charge is -2.17. The maximum absolute atomic E-state index is 11.4. The van der Waals surface area contributed by atoms with Crippen molar-refractivity contribution in [3.05, 3.63) is 63.4 Å². The molecule has 0 aromatic carbocycles. The predicted molar refractivity (Wildman–Crippen MR) is 125 cm³/mol. The molecule has 168 valence electrons. The number of carboxylic acid groups (broad SMARTS) is 1. The van der Waals surface area contributed by atoms with Crippen LogP contribution in [0.25, 0.3) is 0 Å². The fourth-order valence-electron chi connectivity index (χ4n) is 4.01. The molecule has 1 atom stereocenters. The molecule has 0 aliphatic carbocycles. The van der Waals surface area contributed by atoms with Crippen LogP contribution in [-0.4, -0.2) is 39.7 Å². The van der Waals surface area contributed by atoms with Crippen molar-refractivity contribution in [3.8, 4) is 5.88 Å². The molecule has 0 amide bonds. The van der Waals surface area contributed by atoms with Crippen LogP contribution >= 0.6 is 11.3 Å². The maximum Gasteiger partial charge on any atom is 0.303 e. The molecule has 2 N–H and O–H groups in total. The first-order valence-electron chi connectivity index (χ1n) is 11.0. The Kier molecular flexibility index (Phi) is 7.32. The van der Waals surface area contributed by atoms with Crippen molar-refractivity contribution in [2.24, 2.45) is 0 Å². The summed E-state index contributed by atoms with van der Waals surface area (Å²) in [5, 5.41) is 15.9. The van der Waals surface area contributed by atoms with E-state index < -0.39 is 5.97 Å². The van der Waals surface area contributed by atoms with E-state index in [1.54, 1.807) is 30.7 Å². The number of methoxy groups -OCH3 is 1. The Bertz CT molecular complexity index is 1050. The zero-order valence-corrected chi connectivity index (χ0v) is 19.0. The third kappa shape index (κ3) is 5.82. The quantitative estimate of drug-likeness (QED) is 0.474. The number of aryl methyl sites for hydroxylation is 3. The van der Waals surface area contributed by atoms with Gasteiger partial charge in [0.2, 0.25) is 5.88 Å². The van der Waals surface area contributed by atoms with E-state index in [9.17, 15) is 9.90 Å². The van der Waals surface area contributed by atoms with Gasteiger partial charge in [0.1, 0.15) is 5.82 Å². The molecule has 8 heteroatoms. The number of nitrogens with zero attached hydrogens (tertiary/aromatic N) is 3. The number of fused-ring (bicyclic) bond motifs is 1. The first-order chi connectivity index (χ1) is 15.6. The minimum atomic E-state index is -0.826. The van der Waals surface area contributed by atoms with Gasteiger partial charge in [0.25, 0.3) is 0 Å². The Morgan fingerprint density at radius 2 is 2.12 bits per heavy atom. The number of anilines is 1. The molecule has 3 aromatic heterocycles. The van der Waals surface area contributed by atoms with Crippen molar-refractivity contribution in [1.82, 2.24) is 15.0 Å². The van der Waals surface area contributed by atoms with Crippen molar-refractivity contribution < 1.29 is 14.6 Å². The van der Waals surface area contributed by atoms with Gasteiger partial charge >= 0.3 is 5.97 Å². The van der Waals surface area contributed by atoms with E-state index in [1.165, 1.54) is 12.0 Å². The normalized spacial score (nSPS) is 13.8. The molecule has 4 heterocycles. The second-order valence-corrected chi connectivity index (χ2v) is 9.00. The Labute approximate surface area is 191 Å². The van der Waals surface area contributed by atoms with Gasteiger partial charge in [-0.05, 0) is 55.7 Å². The van der Waals surface area contributed by atoms with Crippen LogP contribution in [0.4, 0.5) is 5.82 Å². The Morgan fingerprint density at radius 1 is 1.22 bits per heavy atom. The second-order valence-electron chi connectivity index (χ2n) is 8.06. The summed E-state index contributed by atoms with van der Waals surface area (Å²) in [6.07, 6.45) is 7.39. The summed E-state index contributed by atoms with van der Waals surface area (Å²) in [6.45, 7) is 1.00. The number of carboxylic acids is 1. The van der Waals surface area contributed by atoms with Crippen LogP contribution in [0.15, 0.2) is 35.8 Å². The number of hydrogen-bond acceptors (Lipinski definition) is 7. The van der Waals surface area contributed by atoms with Crippen molar-refractivity contribution in [1.29, 1.82) is 0 Å². The number of nitrogens with one attached hydrogen (secondary N) is 1. The summed E-state index contributed by atoms with van der Waals surface area (Å²) in [5.41, 5.74) is 4.24. The molecule has 0 bridgehead atoms. The van der Waals surface area contributed by atoms with E-state index in [-0.39, 0.29) is 12.3 Å². The zero-order valence-electron chi connectivity index (χ0n) is 18.2. The molecule has 4 rings (SSSR count). The third-order valence-electron chi connectivity index (χ3n) is 5.69. The average Bonchev–Trinajstić information content (AvgIpc) is 3.25. The highest BCUT2D eigenvalue weighted by molar-refractivity contribution is 7.09. The van der Waals surface area contributed by atoms with Crippen molar-refractivity contribution in [2.45, 2.75) is 50.9 Å². The van der Waals surface area contributed by atoms with Gasteiger partial charge in [0, 0.05) is 35.8 Å². The molecule has 32 heavy (non-hydrogen) atoms. The minimum Gasteiger partial charge on any atom is -0.481 e. The van der Waals surface area contributed by atoms with Gasteiger partial charge < -0.3 is 15.2 Å². The van der Waals surface area contributed by atoms with Crippen LogP contribution < -0.4 is 10.1 Å². The fraction of sp³-hybridized carbons (Fsp3) is 0.417. The molecule has 1 aliphatic rings. The first-order valence-corrected chi connectivity index (χ1v) is 11.9. The SMILES string of the molecule is COc1ccc([C@H](CC(=O)O)Cc2csc(CCCc3ccc4c(n3)NCCC4)n2)cn1. The topological polar surface area (TPSA) is 97.2 Å². The van der Waals surface area contributed by atoms with Crippen molar-refractivity contribution in [3.63, 3.8) is 0 Å². The first kappa shape index (κ1) is 22.2. The summed E-state index contributed by atoms with van der Waals surface area (Å²) in [4.78, 5) is 25.1. The van der Waals surface area contributed by atoms with Gasteiger partial charge in [-0.3, -0.25) is 4.79 Å². The van der Waals surface area contributed by atoms with Gasteiger partial charge in [-0.1, -0.05) is 12.1 Å². The number of carbonyl (C=O) groups is 1. The molecule has 1 aliphatic heterocycles. The van der Waals surface area contributed by atoms with Gasteiger partial charge in [0.05, 0.1) is 24.2 Å². The van der Waals surface area contributed by atoms with E-state index in [0.717, 1.165) is 60.0 Å². The van der Waals surface area contributed by atoms with E-state index in [2.05, 4.69) is 22.4 Å². The van der Waals surface area contributed by atoms with Crippen molar-refractivity contribution >= 4 is 23.1 Å². The van der Waals surface area contributed by atoms with E-state index in [0.29, 0.717) is 12.3 Å². The number of aliphatic carboxylic acids is 1. The Hall–Kier alpha value is -3.00. The molecule has 0 unspecified atom stereocenters. The molecular weight excluding hydrogens is 424 g/mol. The molecular formula is C24H28N4O3S. The molecule has 0 spiro atoms. The number of rotatable bonds is 10. The van der Waals surface area contributed by atoms with Crippen LogP contribution in [0.1, 0.15) is 52.7 Å². The highest BCUT2D eigenvalue weighted by atomic mass is 32.1. The van der Waals surface area contributed by atoms with Gasteiger partial charge in [-0.2, -0.15) is 0 Å². The molecule has 0 saturated heterocycles. The van der Waals surface area contributed by atoms with Crippen LogP contribution in [0, 0.1) is 0 Å². The summed E-state index contributed by atoms with van der Waals surface area (Å²) < 4.78 is 5.10. The molecule has 0 saturated carbocycles. The monoisotopic (exact) mass is 452 g/mol. The fourth-order valence-corrected chi connectivity index (χ4v) is 4.86. The van der Waals surface area contributed by atoms with Crippen LogP contribution in [0.3, 0.4) is 0 Å². The highest BCUT2D eigenvalue weighted by Crippen LogP contribution is 2.26. The van der Waals surface area contributed by atoms with Gasteiger partial charge in [0.15, 0.2) is 0 Å². The highest BCUT2D eigenvalue weighted by Gasteiger charge is 2.19. The average molecular weight is 453 g/mol. The maximum atomic E-state index is 11.4. The van der Waals surface area contributed by atoms with E-state index >= 15 is 0 Å².